The molecule has 21 heavy (non-hydrogen) atoms. The zero-order chi connectivity index (χ0) is 14.7. The number of phenolic OH excluding ortho intramolecular Hbond substituents is 1. The molecule has 0 fully saturated rings. The minimum atomic E-state index is -0.120. The van der Waals surface area contributed by atoms with Gasteiger partial charge in [-0.05, 0) is 30.3 Å². The largest absolute Gasteiger partial charge is 0.507 e. The van der Waals surface area contributed by atoms with Gasteiger partial charge in [0.2, 0.25) is 0 Å². The number of benzene rings is 2. The van der Waals surface area contributed by atoms with Gasteiger partial charge in [0.1, 0.15) is 12.4 Å². The number of halogens is 1. The number of hydrogen-bond donors (Lipinski definition) is 1. The molecule has 5 heteroatoms. The topological polar surface area (TPSA) is 51.1 Å². The maximum absolute atomic E-state index is 9.73. The first-order chi connectivity index (χ1) is 10.2. The lowest BCUT2D eigenvalue weighted by Gasteiger charge is -2.25. The Balaban J connectivity index is 1.64. The first-order valence-corrected chi connectivity index (χ1v) is 7.38. The quantitative estimate of drug-likeness (QED) is 0.865. The van der Waals surface area contributed by atoms with Crippen molar-refractivity contribution in [3.63, 3.8) is 0 Å². The Labute approximate surface area is 131 Å². The molecule has 0 aliphatic carbocycles. The van der Waals surface area contributed by atoms with Crippen LogP contribution in [0.25, 0.3) is 0 Å². The second-order valence-corrected chi connectivity index (χ2v) is 5.61. The van der Waals surface area contributed by atoms with E-state index in [1.165, 1.54) is 0 Å². The molecule has 2 aromatic carbocycles. The van der Waals surface area contributed by atoms with Crippen molar-refractivity contribution in [2.24, 2.45) is 4.99 Å². The van der Waals surface area contributed by atoms with Crippen molar-refractivity contribution in [1.29, 1.82) is 0 Å². The lowest BCUT2D eigenvalue weighted by atomic mass is 10.2. The number of ether oxygens (including phenoxy) is 2. The highest BCUT2D eigenvalue weighted by molar-refractivity contribution is 9.10. The lowest BCUT2D eigenvalue weighted by Crippen LogP contribution is -2.31. The minimum Gasteiger partial charge on any atom is -0.507 e. The molecule has 0 unspecified atom stereocenters. The molecule has 1 aliphatic heterocycles. The van der Waals surface area contributed by atoms with Crippen molar-refractivity contribution in [2.75, 3.05) is 13.2 Å². The Hall–Kier alpha value is -2.01. The van der Waals surface area contributed by atoms with Crippen LogP contribution in [0.2, 0.25) is 0 Å². The number of fused-ring (bicyclic) bond motifs is 1. The van der Waals surface area contributed by atoms with Crippen LogP contribution in [0, 0.1) is 0 Å². The van der Waals surface area contributed by atoms with Crippen molar-refractivity contribution >= 4 is 22.1 Å². The van der Waals surface area contributed by atoms with Gasteiger partial charge in [-0.1, -0.05) is 28.1 Å². The lowest BCUT2D eigenvalue weighted by molar-refractivity contribution is 0.0973. The second kappa shape index (κ2) is 6.18. The number of hydrogen-bond acceptors (Lipinski definition) is 4. The summed E-state index contributed by atoms with van der Waals surface area (Å²) in [5.74, 6) is 1.71. The minimum absolute atomic E-state index is 0.120. The molecule has 1 aliphatic rings. The molecule has 0 radical (unpaired) electrons. The monoisotopic (exact) mass is 347 g/mol. The molecule has 0 bridgehead atoms. The van der Waals surface area contributed by atoms with Crippen molar-refractivity contribution in [3.8, 4) is 17.2 Å². The first kappa shape index (κ1) is 13.9. The van der Waals surface area contributed by atoms with Crippen molar-refractivity contribution in [2.45, 2.75) is 6.10 Å². The summed E-state index contributed by atoms with van der Waals surface area (Å²) in [5.41, 5.74) is 0.668. The molecule has 0 amide bonds. The van der Waals surface area contributed by atoms with E-state index in [9.17, 15) is 5.11 Å². The number of aromatic hydroxyl groups is 1. The molecule has 1 atom stereocenters. The van der Waals surface area contributed by atoms with Gasteiger partial charge < -0.3 is 14.6 Å². The Kier molecular flexibility index (Phi) is 4.10. The Morgan fingerprint density at radius 2 is 2.05 bits per heavy atom. The van der Waals surface area contributed by atoms with E-state index in [2.05, 4.69) is 20.9 Å². The van der Waals surface area contributed by atoms with Gasteiger partial charge in [0, 0.05) is 16.3 Å². The summed E-state index contributed by atoms with van der Waals surface area (Å²) >= 11 is 3.37. The summed E-state index contributed by atoms with van der Waals surface area (Å²) in [6.45, 7) is 0.944. The van der Waals surface area contributed by atoms with Gasteiger partial charge in [-0.2, -0.15) is 0 Å². The Morgan fingerprint density at radius 3 is 2.90 bits per heavy atom. The standard InChI is InChI=1S/C16H14BrNO3/c17-12-5-6-14(19)11(7-12)8-18-9-13-10-20-15-3-1-2-4-16(15)21-13/h1-8,13,19H,9-10H2/t13-/m0/s1. The van der Waals surface area contributed by atoms with Crippen LogP contribution in [0.4, 0.5) is 0 Å². The highest BCUT2D eigenvalue weighted by atomic mass is 79.9. The predicted molar refractivity (Wildman–Crippen MR) is 84.6 cm³/mol. The third-order valence-corrected chi connectivity index (χ3v) is 3.59. The van der Waals surface area contributed by atoms with Gasteiger partial charge in [0.15, 0.2) is 17.6 Å². The van der Waals surface area contributed by atoms with Crippen LogP contribution in [0.1, 0.15) is 5.56 Å². The fourth-order valence-electron chi connectivity index (χ4n) is 2.05. The zero-order valence-electron chi connectivity index (χ0n) is 11.2. The van der Waals surface area contributed by atoms with Crippen molar-refractivity contribution < 1.29 is 14.6 Å². The van der Waals surface area contributed by atoms with Gasteiger partial charge in [0.05, 0.1) is 6.54 Å². The average Bonchev–Trinajstić information content (AvgIpc) is 2.50. The summed E-state index contributed by atoms with van der Waals surface area (Å²) in [4.78, 5) is 4.33. The molecule has 1 heterocycles. The van der Waals surface area contributed by atoms with E-state index in [0.717, 1.165) is 16.0 Å². The summed E-state index contributed by atoms with van der Waals surface area (Å²) in [6.07, 6.45) is 1.52. The Morgan fingerprint density at radius 1 is 1.24 bits per heavy atom. The summed E-state index contributed by atoms with van der Waals surface area (Å²) < 4.78 is 12.3. The highest BCUT2D eigenvalue weighted by Gasteiger charge is 2.19. The second-order valence-electron chi connectivity index (χ2n) is 4.69. The number of phenols is 1. The van der Waals surface area contributed by atoms with Crippen LogP contribution in [0.5, 0.6) is 17.2 Å². The average molecular weight is 348 g/mol. The number of para-hydroxylation sites is 2. The van der Waals surface area contributed by atoms with Crippen LogP contribution in [-0.2, 0) is 0 Å². The molecule has 0 spiro atoms. The van der Waals surface area contributed by atoms with Gasteiger partial charge in [-0.3, -0.25) is 4.99 Å². The maximum Gasteiger partial charge on any atom is 0.161 e. The summed E-state index contributed by atoms with van der Waals surface area (Å²) in [6, 6.07) is 12.8. The van der Waals surface area contributed by atoms with E-state index in [1.54, 1.807) is 18.3 Å². The van der Waals surface area contributed by atoms with E-state index in [4.69, 9.17) is 9.47 Å². The van der Waals surface area contributed by atoms with E-state index >= 15 is 0 Å². The van der Waals surface area contributed by atoms with Gasteiger partial charge in [-0.15, -0.1) is 0 Å². The van der Waals surface area contributed by atoms with Crippen LogP contribution in [0.15, 0.2) is 51.9 Å². The molecule has 108 valence electrons. The Bertz CT molecular complexity index is 672. The third kappa shape index (κ3) is 3.36. The fourth-order valence-corrected chi connectivity index (χ4v) is 2.43. The highest BCUT2D eigenvalue weighted by Crippen LogP contribution is 2.30. The van der Waals surface area contributed by atoms with Crippen LogP contribution in [0.3, 0.4) is 0 Å². The fraction of sp³-hybridized carbons (Fsp3) is 0.188. The molecule has 1 N–H and O–H groups in total. The molecule has 0 saturated carbocycles. The van der Waals surface area contributed by atoms with Gasteiger partial charge in [0.25, 0.3) is 0 Å². The van der Waals surface area contributed by atoms with Crippen molar-refractivity contribution in [3.05, 3.63) is 52.5 Å². The van der Waals surface area contributed by atoms with E-state index in [1.807, 2.05) is 30.3 Å². The summed E-state index contributed by atoms with van der Waals surface area (Å²) in [5, 5.41) is 9.73. The molecular formula is C16H14BrNO3. The van der Waals surface area contributed by atoms with E-state index < -0.39 is 0 Å². The third-order valence-electron chi connectivity index (χ3n) is 3.10. The van der Waals surface area contributed by atoms with Gasteiger partial charge in [-0.25, -0.2) is 0 Å². The summed E-state index contributed by atoms with van der Waals surface area (Å²) in [7, 11) is 0. The number of aliphatic imine (C=N–C) groups is 1. The molecular weight excluding hydrogens is 334 g/mol. The normalized spacial score (nSPS) is 17.1. The van der Waals surface area contributed by atoms with Crippen LogP contribution in [-0.4, -0.2) is 30.6 Å². The van der Waals surface area contributed by atoms with Crippen molar-refractivity contribution in [1.82, 2.24) is 0 Å². The molecule has 0 aromatic heterocycles. The molecule has 0 saturated heterocycles. The zero-order valence-corrected chi connectivity index (χ0v) is 12.8. The van der Waals surface area contributed by atoms with Gasteiger partial charge >= 0.3 is 0 Å². The number of rotatable bonds is 3. The van der Waals surface area contributed by atoms with Crippen LogP contribution >= 0.6 is 15.9 Å². The molecule has 3 rings (SSSR count). The molecule has 4 nitrogen and oxygen atoms in total. The SMILES string of the molecule is Oc1ccc(Br)cc1C=NC[C@H]1COc2ccccc2O1. The maximum atomic E-state index is 9.73. The van der Waals surface area contributed by atoms with Crippen LogP contribution < -0.4 is 9.47 Å². The smallest absolute Gasteiger partial charge is 0.161 e. The predicted octanol–water partition coefficient (Wildman–Crippen LogP) is 3.41. The number of nitrogens with zero attached hydrogens (tertiary/aromatic N) is 1. The van der Waals surface area contributed by atoms with E-state index in [0.29, 0.717) is 18.7 Å². The first-order valence-electron chi connectivity index (χ1n) is 6.59. The van der Waals surface area contributed by atoms with E-state index in [-0.39, 0.29) is 11.9 Å². The molecule has 2 aromatic rings.